The lowest BCUT2D eigenvalue weighted by Crippen LogP contribution is -2.21. The molecule has 1 fully saturated rings. The van der Waals surface area contributed by atoms with Gasteiger partial charge in [0.1, 0.15) is 5.78 Å². The lowest BCUT2D eigenvalue weighted by molar-refractivity contribution is -0.121. The highest BCUT2D eigenvalue weighted by molar-refractivity contribution is 5.85. The Labute approximate surface area is 105 Å². The van der Waals surface area contributed by atoms with Gasteiger partial charge in [0.25, 0.3) is 0 Å². The smallest absolute Gasteiger partial charge is 0.409 e. The number of carbonyl (C=O) groups is 2. The fraction of sp³-hybridized carbons (Fsp3) is 0.462. The Morgan fingerprint density at radius 1 is 1.50 bits per heavy atom. The van der Waals surface area contributed by atoms with Crippen molar-refractivity contribution >= 4 is 17.6 Å². The minimum atomic E-state index is -1.11. The SMILES string of the molecule is CC1CC(=O)CC(c2ccncc2NC(=O)O)C1. The Kier molecular flexibility index (Phi) is 3.60. The molecule has 1 amide bonds. The van der Waals surface area contributed by atoms with Gasteiger partial charge in [-0.3, -0.25) is 15.1 Å². The number of carbonyl (C=O) groups excluding carboxylic acids is 1. The zero-order chi connectivity index (χ0) is 13.1. The number of nitrogens with one attached hydrogen (secondary N) is 1. The van der Waals surface area contributed by atoms with E-state index in [-0.39, 0.29) is 11.7 Å². The molecular weight excluding hydrogens is 232 g/mol. The summed E-state index contributed by atoms with van der Waals surface area (Å²) in [6.07, 6.45) is 4.04. The van der Waals surface area contributed by atoms with Crippen molar-refractivity contribution in [3.05, 3.63) is 24.0 Å². The largest absolute Gasteiger partial charge is 0.465 e. The normalized spacial score (nSPS) is 23.7. The van der Waals surface area contributed by atoms with Crippen molar-refractivity contribution in [3.63, 3.8) is 0 Å². The zero-order valence-corrected chi connectivity index (χ0v) is 10.2. The lowest BCUT2D eigenvalue weighted by atomic mass is 9.78. The molecule has 1 aliphatic carbocycles. The lowest BCUT2D eigenvalue weighted by Gasteiger charge is -2.27. The van der Waals surface area contributed by atoms with Crippen LogP contribution in [0.5, 0.6) is 0 Å². The van der Waals surface area contributed by atoms with E-state index in [0.29, 0.717) is 24.4 Å². The van der Waals surface area contributed by atoms with Crippen LogP contribution in [0.25, 0.3) is 0 Å². The fourth-order valence-electron chi connectivity index (χ4n) is 2.62. The molecule has 0 aromatic carbocycles. The number of nitrogens with zero attached hydrogens (tertiary/aromatic N) is 1. The van der Waals surface area contributed by atoms with E-state index in [1.165, 1.54) is 6.20 Å². The average Bonchev–Trinajstić information content (AvgIpc) is 2.27. The van der Waals surface area contributed by atoms with Gasteiger partial charge in [0.2, 0.25) is 0 Å². The van der Waals surface area contributed by atoms with Crippen molar-refractivity contribution in [1.29, 1.82) is 0 Å². The summed E-state index contributed by atoms with van der Waals surface area (Å²) in [5.74, 6) is 0.685. The van der Waals surface area contributed by atoms with Crippen LogP contribution in [0, 0.1) is 5.92 Å². The number of rotatable bonds is 2. The Morgan fingerprint density at radius 3 is 2.94 bits per heavy atom. The fourth-order valence-corrected chi connectivity index (χ4v) is 2.62. The predicted octanol–water partition coefficient (Wildman–Crippen LogP) is 2.64. The molecule has 5 nitrogen and oxygen atoms in total. The molecule has 1 aliphatic rings. The van der Waals surface area contributed by atoms with Crippen LogP contribution in [-0.4, -0.2) is 22.0 Å². The Hall–Kier alpha value is -1.91. The molecule has 1 aromatic rings. The summed E-state index contributed by atoms with van der Waals surface area (Å²) < 4.78 is 0. The third-order valence-electron chi connectivity index (χ3n) is 3.27. The summed E-state index contributed by atoms with van der Waals surface area (Å²) in [7, 11) is 0. The number of carboxylic acid groups (broad SMARTS) is 1. The molecule has 2 atom stereocenters. The standard InChI is InChI=1S/C13H16N2O3/c1-8-4-9(6-10(16)5-8)11-2-3-14-7-12(11)15-13(17)18/h2-3,7-9,15H,4-6H2,1H3,(H,17,18). The van der Waals surface area contributed by atoms with E-state index in [4.69, 9.17) is 5.11 Å². The monoisotopic (exact) mass is 248 g/mol. The third kappa shape index (κ3) is 2.85. The second-order valence-corrected chi connectivity index (χ2v) is 4.88. The molecule has 1 heterocycles. The van der Waals surface area contributed by atoms with Crippen molar-refractivity contribution in [2.24, 2.45) is 5.92 Å². The molecule has 0 saturated heterocycles. The molecule has 0 aliphatic heterocycles. The molecule has 1 aromatic heterocycles. The molecule has 0 bridgehead atoms. The van der Waals surface area contributed by atoms with Gasteiger partial charge in [0.15, 0.2) is 0 Å². The van der Waals surface area contributed by atoms with Crippen LogP contribution in [0.3, 0.4) is 0 Å². The number of amides is 1. The van der Waals surface area contributed by atoms with Crippen molar-refractivity contribution in [2.45, 2.75) is 32.1 Å². The highest BCUT2D eigenvalue weighted by Gasteiger charge is 2.27. The van der Waals surface area contributed by atoms with Gasteiger partial charge in [-0.1, -0.05) is 6.92 Å². The van der Waals surface area contributed by atoms with Gasteiger partial charge < -0.3 is 5.11 Å². The molecule has 0 spiro atoms. The molecular formula is C13H16N2O3. The molecule has 18 heavy (non-hydrogen) atoms. The second kappa shape index (κ2) is 5.16. The summed E-state index contributed by atoms with van der Waals surface area (Å²) in [4.78, 5) is 26.3. The van der Waals surface area contributed by atoms with E-state index in [2.05, 4.69) is 17.2 Å². The molecule has 2 unspecified atom stereocenters. The van der Waals surface area contributed by atoms with E-state index in [9.17, 15) is 9.59 Å². The van der Waals surface area contributed by atoms with Gasteiger partial charge in [-0.25, -0.2) is 4.79 Å². The maximum Gasteiger partial charge on any atom is 0.409 e. The molecule has 2 N–H and O–H groups in total. The van der Waals surface area contributed by atoms with Crippen LogP contribution in [0.15, 0.2) is 18.5 Å². The predicted molar refractivity (Wildman–Crippen MR) is 66.6 cm³/mol. The second-order valence-electron chi connectivity index (χ2n) is 4.88. The van der Waals surface area contributed by atoms with E-state index in [1.807, 2.05) is 0 Å². The first-order chi connectivity index (χ1) is 8.56. The minimum Gasteiger partial charge on any atom is -0.465 e. The van der Waals surface area contributed by atoms with Gasteiger partial charge in [-0.05, 0) is 29.9 Å². The zero-order valence-electron chi connectivity index (χ0n) is 10.2. The maximum atomic E-state index is 11.6. The average molecular weight is 248 g/mol. The minimum absolute atomic E-state index is 0.0890. The Bertz CT molecular complexity index is 473. The number of aromatic nitrogens is 1. The summed E-state index contributed by atoms with van der Waals surface area (Å²) in [6.45, 7) is 2.05. The third-order valence-corrected chi connectivity index (χ3v) is 3.27. The van der Waals surface area contributed by atoms with Crippen LogP contribution in [0.1, 0.15) is 37.7 Å². The van der Waals surface area contributed by atoms with E-state index in [0.717, 1.165) is 12.0 Å². The number of hydrogen-bond donors (Lipinski definition) is 2. The Morgan fingerprint density at radius 2 is 2.28 bits per heavy atom. The number of Topliss-reactive ketones (excluding diaryl/α,β-unsaturated/α-hetero) is 1. The molecule has 1 saturated carbocycles. The molecule has 96 valence electrons. The molecule has 5 heteroatoms. The van der Waals surface area contributed by atoms with Gasteiger partial charge in [-0.2, -0.15) is 0 Å². The number of pyridine rings is 1. The van der Waals surface area contributed by atoms with E-state index in [1.54, 1.807) is 12.3 Å². The van der Waals surface area contributed by atoms with Gasteiger partial charge in [-0.15, -0.1) is 0 Å². The number of ketones is 1. The van der Waals surface area contributed by atoms with E-state index >= 15 is 0 Å². The summed E-state index contributed by atoms with van der Waals surface area (Å²) in [5, 5.41) is 11.1. The summed E-state index contributed by atoms with van der Waals surface area (Å²) in [6, 6.07) is 1.79. The van der Waals surface area contributed by atoms with Gasteiger partial charge >= 0.3 is 6.09 Å². The topological polar surface area (TPSA) is 79.3 Å². The first-order valence-corrected chi connectivity index (χ1v) is 6.02. The van der Waals surface area contributed by atoms with Crippen LogP contribution >= 0.6 is 0 Å². The first kappa shape index (κ1) is 12.5. The highest BCUT2D eigenvalue weighted by atomic mass is 16.4. The Balaban J connectivity index is 2.26. The quantitative estimate of drug-likeness (QED) is 0.843. The van der Waals surface area contributed by atoms with Crippen LogP contribution in [0.4, 0.5) is 10.5 Å². The highest BCUT2D eigenvalue weighted by Crippen LogP contribution is 2.37. The molecule has 0 radical (unpaired) electrons. The van der Waals surface area contributed by atoms with Crippen molar-refractivity contribution in [1.82, 2.24) is 4.98 Å². The van der Waals surface area contributed by atoms with Gasteiger partial charge in [0, 0.05) is 19.0 Å². The van der Waals surface area contributed by atoms with Crippen molar-refractivity contribution in [2.75, 3.05) is 5.32 Å². The van der Waals surface area contributed by atoms with Gasteiger partial charge in [0.05, 0.1) is 11.9 Å². The summed E-state index contributed by atoms with van der Waals surface area (Å²) >= 11 is 0. The van der Waals surface area contributed by atoms with Crippen LogP contribution in [0.2, 0.25) is 0 Å². The molecule has 2 rings (SSSR count). The maximum absolute atomic E-state index is 11.6. The van der Waals surface area contributed by atoms with Crippen molar-refractivity contribution < 1.29 is 14.7 Å². The van der Waals surface area contributed by atoms with E-state index < -0.39 is 6.09 Å². The first-order valence-electron chi connectivity index (χ1n) is 6.02. The van der Waals surface area contributed by atoms with Crippen molar-refractivity contribution in [3.8, 4) is 0 Å². The van der Waals surface area contributed by atoms with Crippen LogP contribution < -0.4 is 5.32 Å². The summed E-state index contributed by atoms with van der Waals surface area (Å²) in [5.41, 5.74) is 1.35. The van der Waals surface area contributed by atoms with Crippen LogP contribution in [-0.2, 0) is 4.79 Å². The number of hydrogen-bond acceptors (Lipinski definition) is 3. The number of anilines is 1.